The predicted molar refractivity (Wildman–Crippen MR) is 74.7 cm³/mol. The molecule has 0 saturated heterocycles. The Labute approximate surface area is 118 Å². The van der Waals surface area contributed by atoms with Crippen molar-refractivity contribution in [2.75, 3.05) is 0 Å². The Hall–Kier alpha value is -0.600. The monoisotopic (exact) mass is 360 g/mol. The summed E-state index contributed by atoms with van der Waals surface area (Å²) in [6, 6.07) is 3.99. The van der Waals surface area contributed by atoms with Gasteiger partial charge >= 0.3 is 0 Å². The van der Waals surface area contributed by atoms with E-state index in [1.165, 1.54) is 0 Å². The Balaban J connectivity index is 2.72. The molecule has 0 N–H and O–H groups in total. The molecule has 0 radical (unpaired) electrons. The molecule has 0 unspecified atom stereocenters. The van der Waals surface area contributed by atoms with Crippen LogP contribution in [0.5, 0.6) is 0 Å². The zero-order chi connectivity index (χ0) is 13.1. The van der Waals surface area contributed by atoms with Gasteiger partial charge in [-0.1, -0.05) is 0 Å². The number of nitrogens with zero attached hydrogens (tertiary/aromatic N) is 2. The Morgan fingerprint density at radius 1 is 1.47 bits per heavy atom. The molecule has 0 aliphatic rings. The number of pyridine rings is 1. The van der Waals surface area contributed by atoms with E-state index in [0.717, 1.165) is 17.3 Å². The van der Waals surface area contributed by atoms with Crippen LogP contribution in [-0.4, -0.2) is 4.57 Å². The fraction of sp³-hybridized carbons (Fsp3) is 0.500. The Bertz CT molecular complexity index is 500. The Morgan fingerprint density at radius 2 is 2.12 bits per heavy atom. The van der Waals surface area contributed by atoms with Gasteiger partial charge in [0, 0.05) is 17.2 Å². The molecule has 5 heteroatoms. The van der Waals surface area contributed by atoms with Gasteiger partial charge in [0.05, 0.1) is 16.0 Å². The van der Waals surface area contributed by atoms with Crippen LogP contribution in [0, 0.1) is 16.7 Å². The van der Waals surface area contributed by atoms with Crippen molar-refractivity contribution in [3.63, 3.8) is 0 Å². The molecule has 1 rings (SSSR count). The van der Waals surface area contributed by atoms with E-state index in [-0.39, 0.29) is 11.0 Å². The molecule has 1 aromatic rings. The molecule has 0 bridgehead atoms. The second-order valence-electron chi connectivity index (χ2n) is 4.60. The van der Waals surface area contributed by atoms with E-state index in [1.807, 2.05) is 13.8 Å². The first-order chi connectivity index (χ1) is 7.85. The van der Waals surface area contributed by atoms with Crippen LogP contribution in [0.25, 0.3) is 0 Å². The predicted octanol–water partition coefficient (Wildman–Crippen LogP) is 3.70. The van der Waals surface area contributed by atoms with Gasteiger partial charge in [-0.25, -0.2) is 0 Å². The van der Waals surface area contributed by atoms with Gasteiger partial charge < -0.3 is 4.57 Å². The molecular weight excluding hydrogens is 348 g/mol. The van der Waals surface area contributed by atoms with Crippen LogP contribution in [0.3, 0.4) is 0 Å². The molecule has 3 nitrogen and oxygen atoms in total. The first-order valence-electron chi connectivity index (χ1n) is 5.32. The highest BCUT2D eigenvalue weighted by atomic mass is 79.9. The van der Waals surface area contributed by atoms with Crippen LogP contribution >= 0.6 is 31.9 Å². The molecule has 17 heavy (non-hydrogen) atoms. The maximum atomic E-state index is 11.8. The third-order valence-corrected chi connectivity index (χ3v) is 3.51. The summed E-state index contributed by atoms with van der Waals surface area (Å²) in [5, 5.41) is 8.90. The number of nitriles is 1. The molecule has 0 amide bonds. The van der Waals surface area contributed by atoms with E-state index in [2.05, 4.69) is 37.9 Å². The number of hydrogen-bond acceptors (Lipinski definition) is 2. The second-order valence-corrected chi connectivity index (χ2v) is 6.37. The zero-order valence-electron chi connectivity index (χ0n) is 9.83. The van der Waals surface area contributed by atoms with Crippen molar-refractivity contribution in [3.8, 4) is 6.07 Å². The van der Waals surface area contributed by atoms with Gasteiger partial charge in [-0.2, -0.15) is 5.26 Å². The number of rotatable bonds is 4. The van der Waals surface area contributed by atoms with E-state index >= 15 is 0 Å². The van der Waals surface area contributed by atoms with Crippen molar-refractivity contribution < 1.29 is 0 Å². The van der Waals surface area contributed by atoms with Gasteiger partial charge in [-0.3, -0.25) is 4.79 Å². The van der Waals surface area contributed by atoms with Crippen LogP contribution in [0.4, 0.5) is 0 Å². The molecule has 1 heterocycles. The van der Waals surface area contributed by atoms with Gasteiger partial charge in [-0.15, -0.1) is 0 Å². The van der Waals surface area contributed by atoms with Gasteiger partial charge in [0.25, 0.3) is 5.56 Å². The average molecular weight is 362 g/mol. The fourth-order valence-electron chi connectivity index (χ4n) is 1.48. The molecule has 0 aromatic carbocycles. The largest absolute Gasteiger partial charge is 0.313 e. The summed E-state index contributed by atoms with van der Waals surface area (Å²) < 4.78 is 3.07. The maximum absolute atomic E-state index is 11.8. The quantitative estimate of drug-likeness (QED) is 0.820. The standard InChI is InChI=1S/C12H14Br2N2O/c1-12(2,8-15)4-3-5-16-7-9(13)6-10(14)11(16)17/h6-7H,3-5H2,1-2H3. The van der Waals surface area contributed by atoms with E-state index < -0.39 is 0 Å². The molecule has 1 aromatic heterocycles. The lowest BCUT2D eigenvalue weighted by molar-refractivity contribution is 0.413. The van der Waals surface area contributed by atoms with Crippen LogP contribution in [0.1, 0.15) is 26.7 Å². The SMILES string of the molecule is CC(C)(C#N)CCCn1cc(Br)cc(Br)c1=O. The topological polar surface area (TPSA) is 45.8 Å². The smallest absolute Gasteiger partial charge is 0.264 e. The summed E-state index contributed by atoms with van der Waals surface area (Å²) in [5.41, 5.74) is -0.365. The molecule has 0 aliphatic carbocycles. The molecule has 0 saturated carbocycles. The minimum atomic E-state index is -0.327. The summed E-state index contributed by atoms with van der Waals surface area (Å²) in [4.78, 5) is 11.8. The fourth-order valence-corrected chi connectivity index (χ4v) is 2.74. The summed E-state index contributed by atoms with van der Waals surface area (Å²) in [5.74, 6) is 0. The highest BCUT2D eigenvalue weighted by Crippen LogP contribution is 2.21. The first-order valence-corrected chi connectivity index (χ1v) is 6.91. The minimum Gasteiger partial charge on any atom is -0.313 e. The summed E-state index contributed by atoms with van der Waals surface area (Å²) in [7, 11) is 0. The lowest BCUT2D eigenvalue weighted by Gasteiger charge is -2.15. The molecule has 0 aliphatic heterocycles. The molecular formula is C12H14Br2N2O. The van der Waals surface area contributed by atoms with Crippen molar-refractivity contribution in [2.24, 2.45) is 5.41 Å². The van der Waals surface area contributed by atoms with E-state index in [1.54, 1.807) is 16.8 Å². The third kappa shape index (κ3) is 4.29. The lowest BCUT2D eigenvalue weighted by Crippen LogP contribution is -2.21. The molecule has 92 valence electrons. The van der Waals surface area contributed by atoms with Crippen molar-refractivity contribution in [1.29, 1.82) is 5.26 Å². The molecule has 0 fully saturated rings. The van der Waals surface area contributed by atoms with Crippen LogP contribution in [-0.2, 0) is 6.54 Å². The van der Waals surface area contributed by atoms with Gasteiger partial charge in [0.1, 0.15) is 0 Å². The number of hydrogen-bond donors (Lipinski definition) is 0. The maximum Gasteiger partial charge on any atom is 0.264 e. The Kier molecular flexibility index (Phi) is 4.96. The van der Waals surface area contributed by atoms with Crippen molar-refractivity contribution in [3.05, 3.63) is 31.6 Å². The summed E-state index contributed by atoms with van der Waals surface area (Å²) in [6.07, 6.45) is 3.36. The van der Waals surface area contributed by atoms with Gasteiger partial charge in [0.15, 0.2) is 0 Å². The third-order valence-electron chi connectivity index (χ3n) is 2.51. The number of aromatic nitrogens is 1. The number of halogens is 2. The van der Waals surface area contributed by atoms with Gasteiger partial charge in [0.2, 0.25) is 0 Å². The Morgan fingerprint density at radius 3 is 2.71 bits per heavy atom. The highest BCUT2D eigenvalue weighted by Gasteiger charge is 2.15. The van der Waals surface area contributed by atoms with Crippen molar-refractivity contribution in [1.82, 2.24) is 4.57 Å². The van der Waals surface area contributed by atoms with Crippen LogP contribution in [0.15, 0.2) is 26.0 Å². The van der Waals surface area contributed by atoms with E-state index in [0.29, 0.717) is 11.0 Å². The summed E-state index contributed by atoms with van der Waals surface area (Å²) >= 11 is 6.58. The minimum absolute atomic E-state index is 0.0389. The van der Waals surface area contributed by atoms with Crippen molar-refractivity contribution >= 4 is 31.9 Å². The van der Waals surface area contributed by atoms with Crippen LogP contribution in [0.2, 0.25) is 0 Å². The van der Waals surface area contributed by atoms with E-state index in [9.17, 15) is 4.79 Å². The molecule has 0 atom stereocenters. The normalized spacial score (nSPS) is 11.2. The molecule has 0 spiro atoms. The average Bonchev–Trinajstić information content (AvgIpc) is 2.24. The summed E-state index contributed by atoms with van der Waals surface area (Å²) in [6.45, 7) is 4.45. The van der Waals surface area contributed by atoms with Crippen molar-refractivity contribution in [2.45, 2.75) is 33.2 Å². The highest BCUT2D eigenvalue weighted by molar-refractivity contribution is 9.11. The van der Waals surface area contributed by atoms with E-state index in [4.69, 9.17) is 5.26 Å². The van der Waals surface area contributed by atoms with Gasteiger partial charge in [-0.05, 0) is 64.6 Å². The lowest BCUT2D eigenvalue weighted by atomic mass is 9.90. The first kappa shape index (κ1) is 14.5. The zero-order valence-corrected chi connectivity index (χ0v) is 13.0. The second kappa shape index (κ2) is 5.83. The number of aryl methyl sites for hydroxylation is 1. The van der Waals surface area contributed by atoms with Crippen LogP contribution < -0.4 is 5.56 Å².